The molecule has 0 spiro atoms. The predicted molar refractivity (Wildman–Crippen MR) is 126 cm³/mol. The predicted octanol–water partition coefficient (Wildman–Crippen LogP) is 5.55. The third-order valence-corrected chi connectivity index (χ3v) is 6.25. The molecule has 186 valence electrons. The smallest absolute Gasteiger partial charge is 0.416 e. The van der Waals surface area contributed by atoms with Crippen molar-refractivity contribution in [1.82, 2.24) is 0 Å². The van der Waals surface area contributed by atoms with Gasteiger partial charge in [0.1, 0.15) is 11.7 Å². The fraction of sp³-hybridized carbons (Fsp3) is 0.259. The molecule has 0 aromatic heterocycles. The van der Waals surface area contributed by atoms with E-state index in [0.29, 0.717) is 23.7 Å². The van der Waals surface area contributed by atoms with Crippen LogP contribution in [0, 0.1) is 5.92 Å². The number of para-hydroxylation sites is 1. The molecule has 36 heavy (non-hydrogen) atoms. The zero-order valence-corrected chi connectivity index (χ0v) is 19.3. The summed E-state index contributed by atoms with van der Waals surface area (Å²) in [5, 5.41) is 1.37. The molecule has 2 aliphatic heterocycles. The Hall–Kier alpha value is -3.85. The van der Waals surface area contributed by atoms with Gasteiger partial charge in [-0.2, -0.15) is 13.2 Å². The third-order valence-electron chi connectivity index (χ3n) is 6.25. The molecule has 5 rings (SSSR count). The molecule has 3 aromatic rings. The van der Waals surface area contributed by atoms with Crippen molar-refractivity contribution in [2.24, 2.45) is 5.92 Å². The first-order valence-corrected chi connectivity index (χ1v) is 11.6. The van der Waals surface area contributed by atoms with E-state index in [0.717, 1.165) is 23.5 Å². The summed E-state index contributed by atoms with van der Waals surface area (Å²) in [7, 11) is 0. The van der Waals surface area contributed by atoms with Crippen LogP contribution in [0.25, 0.3) is 0 Å². The zero-order chi connectivity index (χ0) is 25.4. The molecule has 3 aromatic carbocycles. The highest BCUT2D eigenvalue weighted by Crippen LogP contribution is 2.48. The number of imide groups is 1. The van der Waals surface area contributed by atoms with Gasteiger partial charge in [0.25, 0.3) is 5.91 Å². The van der Waals surface area contributed by atoms with Gasteiger partial charge in [0.15, 0.2) is 6.10 Å². The topological polar surface area (TPSA) is 59.1 Å². The maximum absolute atomic E-state index is 13.6. The van der Waals surface area contributed by atoms with Crippen LogP contribution in [0.15, 0.2) is 78.9 Å². The summed E-state index contributed by atoms with van der Waals surface area (Å²) < 4.78 is 46.0. The first-order chi connectivity index (χ1) is 17.3. The second-order valence-electron chi connectivity index (χ2n) is 8.64. The second kappa shape index (κ2) is 9.31. The molecule has 9 heteroatoms. The number of nitrogens with zero attached hydrogens (tertiary/aromatic N) is 2. The Labute approximate surface area is 205 Å². The molecular formula is C27H23F3N2O4. The van der Waals surface area contributed by atoms with Gasteiger partial charge < -0.3 is 4.74 Å². The molecule has 0 radical (unpaired) electrons. The normalized spacial score (nSPS) is 21.7. The molecule has 2 amide bonds. The number of carbonyl (C=O) groups excluding carboxylic acids is 2. The number of hydroxylamine groups is 1. The van der Waals surface area contributed by atoms with Gasteiger partial charge in [-0.15, -0.1) is 0 Å². The van der Waals surface area contributed by atoms with Crippen LogP contribution in [0.5, 0.6) is 5.75 Å². The van der Waals surface area contributed by atoms with Crippen LogP contribution < -0.4 is 14.7 Å². The minimum atomic E-state index is -4.56. The monoisotopic (exact) mass is 496 g/mol. The number of hydrogen-bond donors (Lipinski definition) is 0. The number of hydrogen-bond acceptors (Lipinski definition) is 5. The lowest BCUT2D eigenvalue weighted by Crippen LogP contribution is -2.37. The SMILES string of the molecule is CCCOc1ccc(N2C(=O)[C@@H]3[C@@H](c4cccc(C(F)(F)F)c4)N(c4ccccc4)O[C@H]3C2=O)cc1. The maximum Gasteiger partial charge on any atom is 0.416 e. The molecule has 2 fully saturated rings. The average Bonchev–Trinajstić information content (AvgIpc) is 3.39. The lowest BCUT2D eigenvalue weighted by molar-refractivity contribution is -0.137. The van der Waals surface area contributed by atoms with E-state index < -0.39 is 41.6 Å². The Morgan fingerprint density at radius 2 is 1.61 bits per heavy atom. The summed E-state index contributed by atoms with van der Waals surface area (Å²) >= 11 is 0. The highest BCUT2D eigenvalue weighted by Gasteiger charge is 2.60. The molecule has 0 unspecified atom stereocenters. The van der Waals surface area contributed by atoms with Crippen molar-refractivity contribution in [3.05, 3.63) is 90.0 Å². The molecule has 3 atom stereocenters. The number of rotatable bonds is 6. The van der Waals surface area contributed by atoms with Gasteiger partial charge >= 0.3 is 6.18 Å². The number of fused-ring (bicyclic) bond motifs is 1. The maximum atomic E-state index is 13.6. The summed E-state index contributed by atoms with van der Waals surface area (Å²) in [5.74, 6) is -1.53. The van der Waals surface area contributed by atoms with Gasteiger partial charge in [-0.25, -0.2) is 9.96 Å². The zero-order valence-electron chi connectivity index (χ0n) is 19.3. The fourth-order valence-electron chi connectivity index (χ4n) is 4.62. The molecular weight excluding hydrogens is 473 g/mol. The Balaban J connectivity index is 1.53. The van der Waals surface area contributed by atoms with Crippen LogP contribution in [0.1, 0.15) is 30.5 Å². The van der Waals surface area contributed by atoms with Crippen LogP contribution >= 0.6 is 0 Å². The standard InChI is InChI=1S/C27H23F3N2O4/c1-2-15-35-21-13-11-19(12-14-21)31-25(33)22-23(17-7-6-8-18(16-17)27(28,29)30)32(36-24(22)26(31)34)20-9-4-3-5-10-20/h3-14,16,22-24H,2,15H2,1H3/t22-,23-,24-/m1/s1. The molecule has 0 bridgehead atoms. The van der Waals surface area contributed by atoms with Crippen LogP contribution in [0.2, 0.25) is 0 Å². The van der Waals surface area contributed by atoms with Crippen molar-refractivity contribution < 1.29 is 32.3 Å². The van der Waals surface area contributed by atoms with E-state index in [2.05, 4.69) is 0 Å². The van der Waals surface area contributed by atoms with E-state index in [-0.39, 0.29) is 5.56 Å². The Bertz CT molecular complexity index is 1260. The Morgan fingerprint density at radius 3 is 2.28 bits per heavy atom. The minimum absolute atomic E-state index is 0.229. The first kappa shape index (κ1) is 23.9. The molecule has 0 aliphatic carbocycles. The van der Waals surface area contributed by atoms with Gasteiger partial charge in [-0.1, -0.05) is 37.3 Å². The summed E-state index contributed by atoms with van der Waals surface area (Å²) in [6.07, 6.45) is -4.90. The summed E-state index contributed by atoms with van der Waals surface area (Å²) in [4.78, 5) is 34.1. The highest BCUT2D eigenvalue weighted by molar-refractivity contribution is 6.23. The fourth-order valence-corrected chi connectivity index (χ4v) is 4.62. The molecule has 0 saturated carbocycles. The van der Waals surface area contributed by atoms with Gasteiger partial charge in [0, 0.05) is 0 Å². The van der Waals surface area contributed by atoms with E-state index in [1.54, 1.807) is 54.6 Å². The van der Waals surface area contributed by atoms with E-state index in [4.69, 9.17) is 9.57 Å². The van der Waals surface area contributed by atoms with Crippen molar-refractivity contribution in [2.75, 3.05) is 16.6 Å². The Kier molecular flexibility index (Phi) is 6.17. The van der Waals surface area contributed by atoms with Crippen molar-refractivity contribution in [3.63, 3.8) is 0 Å². The second-order valence-corrected chi connectivity index (χ2v) is 8.64. The first-order valence-electron chi connectivity index (χ1n) is 11.6. The van der Waals surface area contributed by atoms with Crippen LogP contribution in [-0.4, -0.2) is 24.5 Å². The number of alkyl halides is 3. The van der Waals surface area contributed by atoms with Crippen LogP contribution in [0.3, 0.4) is 0 Å². The van der Waals surface area contributed by atoms with E-state index in [1.165, 1.54) is 17.2 Å². The average molecular weight is 496 g/mol. The van der Waals surface area contributed by atoms with Crippen molar-refractivity contribution in [3.8, 4) is 5.75 Å². The number of ether oxygens (including phenoxy) is 1. The number of benzene rings is 3. The summed E-state index contributed by atoms with van der Waals surface area (Å²) in [6, 6.07) is 19.1. The number of anilines is 2. The van der Waals surface area contributed by atoms with Crippen molar-refractivity contribution in [1.29, 1.82) is 0 Å². The number of halogens is 3. The molecule has 2 heterocycles. The lowest BCUT2D eigenvalue weighted by Gasteiger charge is -2.29. The van der Waals surface area contributed by atoms with Crippen molar-refractivity contribution in [2.45, 2.75) is 31.7 Å². The van der Waals surface area contributed by atoms with Crippen LogP contribution in [0.4, 0.5) is 24.5 Å². The quantitative estimate of drug-likeness (QED) is 0.419. The van der Waals surface area contributed by atoms with E-state index in [9.17, 15) is 22.8 Å². The molecule has 6 nitrogen and oxygen atoms in total. The molecule has 0 N–H and O–H groups in total. The third kappa shape index (κ3) is 4.19. The van der Waals surface area contributed by atoms with Crippen molar-refractivity contribution >= 4 is 23.2 Å². The van der Waals surface area contributed by atoms with Gasteiger partial charge in [0.2, 0.25) is 5.91 Å². The van der Waals surface area contributed by atoms with Gasteiger partial charge in [-0.05, 0) is 60.5 Å². The van der Waals surface area contributed by atoms with Gasteiger partial charge in [0.05, 0.1) is 29.6 Å². The minimum Gasteiger partial charge on any atom is -0.494 e. The molecule has 2 aliphatic rings. The largest absolute Gasteiger partial charge is 0.494 e. The number of amides is 2. The van der Waals surface area contributed by atoms with E-state index in [1.807, 2.05) is 6.92 Å². The lowest BCUT2D eigenvalue weighted by atomic mass is 9.89. The number of carbonyl (C=O) groups is 2. The highest BCUT2D eigenvalue weighted by atomic mass is 19.4. The summed E-state index contributed by atoms with van der Waals surface area (Å²) in [5.41, 5.74) is 0.264. The summed E-state index contributed by atoms with van der Waals surface area (Å²) in [6.45, 7) is 2.52. The van der Waals surface area contributed by atoms with Crippen LogP contribution in [-0.2, 0) is 20.6 Å². The van der Waals surface area contributed by atoms with Gasteiger partial charge in [-0.3, -0.25) is 14.4 Å². The van der Waals surface area contributed by atoms with E-state index >= 15 is 0 Å². The Morgan fingerprint density at radius 1 is 0.889 bits per heavy atom. The molecule has 2 saturated heterocycles.